The fourth-order valence-corrected chi connectivity index (χ4v) is 4.85. The van der Waals surface area contributed by atoms with Gasteiger partial charge >= 0.3 is 0 Å². The molecule has 1 aromatic rings. The van der Waals surface area contributed by atoms with E-state index in [4.69, 9.17) is 4.74 Å². The molecule has 1 fully saturated rings. The molecule has 0 unspecified atom stereocenters. The Morgan fingerprint density at radius 2 is 1.73 bits per heavy atom. The van der Waals surface area contributed by atoms with Gasteiger partial charge in [-0.15, -0.1) is 24.0 Å². The maximum Gasteiger partial charge on any atom is 0.216 e. The topological polar surface area (TPSA) is 74.2 Å². The second-order valence-corrected chi connectivity index (χ2v) is 9.93. The van der Waals surface area contributed by atoms with Gasteiger partial charge in [-0.1, -0.05) is 29.3 Å². The van der Waals surface area contributed by atoms with E-state index >= 15 is 0 Å². The Morgan fingerprint density at radius 1 is 1.13 bits per heavy atom. The third kappa shape index (κ3) is 8.68. The van der Waals surface area contributed by atoms with Crippen molar-refractivity contribution in [3.63, 3.8) is 0 Å². The zero-order chi connectivity index (χ0) is 21.4. The van der Waals surface area contributed by atoms with Gasteiger partial charge in [0.1, 0.15) is 0 Å². The number of halogens is 1. The van der Waals surface area contributed by atoms with E-state index in [-0.39, 0.29) is 42.4 Å². The van der Waals surface area contributed by atoms with Gasteiger partial charge in [0.05, 0.1) is 18.5 Å². The predicted octanol–water partition coefficient (Wildman–Crippen LogP) is 2.41. The first-order chi connectivity index (χ1) is 13.7. The van der Waals surface area contributed by atoms with Crippen molar-refractivity contribution in [3.05, 3.63) is 34.9 Å². The van der Waals surface area contributed by atoms with Crippen LogP contribution in [0.15, 0.2) is 23.2 Å². The standard InChI is InChI=1S/C21H36N4O3S.HI/c1-17(2)28-12-13-29(26,27)25-10-8-24(9-11-25)21(22-5)23-7-6-20-15-18(3)14-19(4)16-20;/h14-17H,6-13H2,1-5H3,(H,22,23);1H. The van der Waals surface area contributed by atoms with Crippen molar-refractivity contribution < 1.29 is 13.2 Å². The number of rotatable bonds is 8. The number of aryl methyl sites for hydroxylation is 2. The first kappa shape index (κ1) is 27.1. The van der Waals surface area contributed by atoms with Crippen LogP contribution in [-0.2, 0) is 21.2 Å². The van der Waals surface area contributed by atoms with Crippen molar-refractivity contribution in [2.45, 2.75) is 40.2 Å². The van der Waals surface area contributed by atoms with Crippen molar-refractivity contribution in [2.75, 3.05) is 52.1 Å². The molecule has 2 rings (SSSR count). The lowest BCUT2D eigenvalue weighted by Gasteiger charge is -2.35. The molecule has 0 aliphatic carbocycles. The lowest BCUT2D eigenvalue weighted by atomic mass is 10.1. The van der Waals surface area contributed by atoms with Gasteiger partial charge < -0.3 is 15.0 Å². The fraction of sp³-hybridized carbons (Fsp3) is 0.667. The minimum absolute atomic E-state index is 0. The molecule has 0 bridgehead atoms. The summed E-state index contributed by atoms with van der Waals surface area (Å²) in [7, 11) is -1.51. The zero-order valence-electron chi connectivity index (χ0n) is 18.8. The number of hydrogen-bond acceptors (Lipinski definition) is 4. The monoisotopic (exact) mass is 552 g/mol. The molecule has 7 nitrogen and oxygen atoms in total. The van der Waals surface area contributed by atoms with E-state index in [1.54, 1.807) is 11.4 Å². The molecular weight excluding hydrogens is 515 g/mol. The van der Waals surface area contributed by atoms with Gasteiger partial charge in [-0.2, -0.15) is 4.31 Å². The zero-order valence-corrected chi connectivity index (χ0v) is 22.0. The van der Waals surface area contributed by atoms with E-state index in [1.807, 2.05) is 13.8 Å². The van der Waals surface area contributed by atoms with E-state index in [2.05, 4.69) is 47.3 Å². The molecule has 0 amide bonds. The summed E-state index contributed by atoms with van der Waals surface area (Å²) in [5, 5.41) is 3.41. The molecule has 172 valence electrons. The predicted molar refractivity (Wildman–Crippen MR) is 134 cm³/mol. The average molecular weight is 553 g/mol. The van der Waals surface area contributed by atoms with Gasteiger partial charge in [-0.05, 0) is 39.7 Å². The Kier molecular flexibility index (Phi) is 11.6. The number of hydrogen-bond donors (Lipinski definition) is 1. The molecule has 0 aromatic heterocycles. The smallest absolute Gasteiger partial charge is 0.216 e. The molecule has 0 atom stereocenters. The van der Waals surface area contributed by atoms with E-state index in [9.17, 15) is 8.42 Å². The van der Waals surface area contributed by atoms with Crippen LogP contribution < -0.4 is 5.32 Å². The van der Waals surface area contributed by atoms with Crippen LogP contribution in [-0.4, -0.2) is 81.8 Å². The highest BCUT2D eigenvalue weighted by molar-refractivity contribution is 14.0. The van der Waals surface area contributed by atoms with Crippen LogP contribution in [0, 0.1) is 13.8 Å². The number of aliphatic imine (C=N–C) groups is 1. The first-order valence-electron chi connectivity index (χ1n) is 10.3. The second kappa shape index (κ2) is 12.8. The normalized spacial score (nSPS) is 15.9. The van der Waals surface area contributed by atoms with Crippen LogP contribution in [0.2, 0.25) is 0 Å². The highest BCUT2D eigenvalue weighted by Crippen LogP contribution is 2.11. The lowest BCUT2D eigenvalue weighted by molar-refractivity contribution is 0.0904. The van der Waals surface area contributed by atoms with Gasteiger partial charge in [0, 0.05) is 39.8 Å². The molecule has 30 heavy (non-hydrogen) atoms. The highest BCUT2D eigenvalue weighted by atomic mass is 127. The number of nitrogens with one attached hydrogen (secondary N) is 1. The molecule has 1 aliphatic rings. The van der Waals surface area contributed by atoms with Gasteiger partial charge in [0.2, 0.25) is 10.0 Å². The summed E-state index contributed by atoms with van der Waals surface area (Å²) in [4.78, 5) is 6.50. The SMILES string of the molecule is CN=C(NCCc1cc(C)cc(C)c1)N1CCN(S(=O)(=O)CCOC(C)C)CC1.I. The van der Waals surface area contributed by atoms with Crippen LogP contribution in [0.25, 0.3) is 0 Å². The summed E-state index contributed by atoms with van der Waals surface area (Å²) >= 11 is 0. The third-order valence-corrected chi connectivity index (χ3v) is 6.75. The quantitative estimate of drug-likeness (QED) is 0.305. The van der Waals surface area contributed by atoms with Crippen LogP contribution in [0.5, 0.6) is 0 Å². The number of ether oxygens (including phenoxy) is 1. The summed E-state index contributed by atoms with van der Waals surface area (Å²) in [6, 6.07) is 6.60. The van der Waals surface area contributed by atoms with Crippen molar-refractivity contribution in [1.29, 1.82) is 0 Å². The van der Waals surface area contributed by atoms with Crippen molar-refractivity contribution in [1.82, 2.24) is 14.5 Å². The van der Waals surface area contributed by atoms with Gasteiger partial charge in [0.25, 0.3) is 0 Å². The minimum atomic E-state index is -3.27. The molecule has 0 spiro atoms. The van der Waals surface area contributed by atoms with E-state index < -0.39 is 10.0 Å². The summed E-state index contributed by atoms with van der Waals surface area (Å²) in [5.41, 5.74) is 3.87. The largest absolute Gasteiger partial charge is 0.378 e. The van der Waals surface area contributed by atoms with Crippen molar-refractivity contribution in [3.8, 4) is 0 Å². The Bertz CT molecular complexity index is 771. The minimum Gasteiger partial charge on any atom is -0.378 e. The summed E-state index contributed by atoms with van der Waals surface area (Å²) in [6.45, 7) is 11.3. The highest BCUT2D eigenvalue weighted by Gasteiger charge is 2.27. The number of sulfonamides is 1. The third-order valence-electron chi connectivity index (χ3n) is 4.91. The van der Waals surface area contributed by atoms with Crippen LogP contribution in [0.1, 0.15) is 30.5 Å². The Hall–Kier alpha value is -0.910. The molecular formula is C21H37IN4O3S. The summed E-state index contributed by atoms with van der Waals surface area (Å²) < 4.78 is 31.9. The van der Waals surface area contributed by atoms with E-state index in [1.165, 1.54) is 16.7 Å². The fourth-order valence-electron chi connectivity index (χ4n) is 3.56. The average Bonchev–Trinajstić information content (AvgIpc) is 2.64. The molecule has 1 aromatic carbocycles. The molecule has 0 saturated carbocycles. The summed E-state index contributed by atoms with van der Waals surface area (Å²) in [5.74, 6) is 0.864. The molecule has 1 N–H and O–H groups in total. The number of benzene rings is 1. The number of guanidine groups is 1. The summed E-state index contributed by atoms with van der Waals surface area (Å²) in [6.07, 6.45) is 0.964. The maximum absolute atomic E-state index is 12.5. The van der Waals surface area contributed by atoms with E-state index in [0.29, 0.717) is 26.2 Å². The van der Waals surface area contributed by atoms with Crippen LogP contribution >= 0.6 is 24.0 Å². The lowest BCUT2D eigenvalue weighted by Crippen LogP contribution is -2.54. The molecule has 1 saturated heterocycles. The van der Waals surface area contributed by atoms with E-state index in [0.717, 1.165) is 18.9 Å². The Morgan fingerprint density at radius 3 is 2.27 bits per heavy atom. The van der Waals surface area contributed by atoms with Crippen molar-refractivity contribution in [2.24, 2.45) is 4.99 Å². The van der Waals surface area contributed by atoms with Crippen LogP contribution in [0.4, 0.5) is 0 Å². The molecule has 9 heteroatoms. The Balaban J connectivity index is 0.00000450. The molecule has 1 heterocycles. The Labute approximate surface area is 199 Å². The number of piperazine rings is 1. The second-order valence-electron chi connectivity index (χ2n) is 7.84. The first-order valence-corrected chi connectivity index (χ1v) is 11.9. The molecule has 0 radical (unpaired) electrons. The maximum atomic E-state index is 12.5. The number of nitrogens with zero attached hydrogens (tertiary/aromatic N) is 3. The van der Waals surface area contributed by atoms with Gasteiger partial charge in [-0.25, -0.2) is 8.42 Å². The van der Waals surface area contributed by atoms with Crippen molar-refractivity contribution >= 4 is 40.0 Å². The van der Waals surface area contributed by atoms with Gasteiger partial charge in [0.15, 0.2) is 5.96 Å². The van der Waals surface area contributed by atoms with Gasteiger partial charge in [-0.3, -0.25) is 4.99 Å². The van der Waals surface area contributed by atoms with Crippen LogP contribution in [0.3, 0.4) is 0 Å². The molecule has 1 aliphatic heterocycles.